The monoisotopic (exact) mass is 377 g/mol. The van der Waals surface area contributed by atoms with Crippen LogP contribution >= 0.6 is 11.6 Å². The van der Waals surface area contributed by atoms with Crippen molar-refractivity contribution in [3.63, 3.8) is 0 Å². The van der Waals surface area contributed by atoms with Gasteiger partial charge in [-0.1, -0.05) is 17.7 Å². The first-order valence-electron chi connectivity index (χ1n) is 8.09. The van der Waals surface area contributed by atoms with Crippen LogP contribution in [-0.4, -0.2) is 9.97 Å². The van der Waals surface area contributed by atoms with Gasteiger partial charge >= 0.3 is 0 Å². The largest absolute Gasteiger partial charge is 0.361 e. The second-order valence-corrected chi connectivity index (χ2v) is 6.30. The normalized spacial score (nSPS) is 10.6. The lowest BCUT2D eigenvalue weighted by Crippen LogP contribution is -1.99. The summed E-state index contributed by atoms with van der Waals surface area (Å²) in [4.78, 5) is 7.43. The van der Waals surface area contributed by atoms with Crippen molar-refractivity contribution in [3.8, 4) is 6.07 Å². The molecule has 0 unspecified atom stereocenters. The topological polar surface area (TPSA) is 76.5 Å². The summed E-state index contributed by atoms with van der Waals surface area (Å²) >= 11 is 5.82. The van der Waals surface area contributed by atoms with E-state index in [0.717, 1.165) is 16.6 Å². The maximum Gasteiger partial charge on any atom is 0.144 e. The minimum Gasteiger partial charge on any atom is -0.361 e. The molecule has 2 heterocycles. The molecular formula is C20H13ClFN5. The van der Waals surface area contributed by atoms with E-state index in [0.29, 0.717) is 17.2 Å². The molecule has 5 nitrogen and oxygen atoms in total. The lowest BCUT2D eigenvalue weighted by molar-refractivity contribution is 0.628. The maximum atomic E-state index is 13.3. The molecule has 2 aromatic heterocycles. The van der Waals surface area contributed by atoms with Crippen molar-refractivity contribution in [3.05, 3.63) is 77.3 Å². The van der Waals surface area contributed by atoms with E-state index in [2.05, 4.69) is 20.6 Å². The SMILES string of the molecule is N#Cc1cc(Nc2ccc(F)c(Cl)c2)cc(Nc2ccc3cc[nH]c3c2)n1. The third kappa shape index (κ3) is 3.68. The number of halogens is 2. The van der Waals surface area contributed by atoms with Crippen LogP contribution in [0.3, 0.4) is 0 Å². The highest BCUT2D eigenvalue weighted by atomic mass is 35.5. The lowest BCUT2D eigenvalue weighted by Gasteiger charge is -2.11. The zero-order valence-electron chi connectivity index (χ0n) is 13.9. The molecule has 0 saturated heterocycles. The molecule has 2 aromatic carbocycles. The number of anilines is 4. The number of nitrogens with zero attached hydrogens (tertiary/aromatic N) is 2. The highest BCUT2D eigenvalue weighted by Gasteiger charge is 2.06. The minimum atomic E-state index is -0.489. The number of hydrogen-bond donors (Lipinski definition) is 3. The summed E-state index contributed by atoms with van der Waals surface area (Å²) in [6, 6.07) is 17.6. The molecular weight excluding hydrogens is 365 g/mol. The zero-order chi connectivity index (χ0) is 18.8. The van der Waals surface area contributed by atoms with Gasteiger partial charge < -0.3 is 15.6 Å². The number of pyridine rings is 1. The van der Waals surface area contributed by atoms with Crippen LogP contribution in [0.1, 0.15) is 5.69 Å². The predicted octanol–water partition coefficient (Wildman–Crippen LogP) is 5.71. The fourth-order valence-electron chi connectivity index (χ4n) is 2.74. The number of nitrogens with one attached hydrogen (secondary N) is 3. The van der Waals surface area contributed by atoms with E-state index in [1.165, 1.54) is 12.1 Å². The van der Waals surface area contributed by atoms with Crippen molar-refractivity contribution in [1.29, 1.82) is 5.26 Å². The fourth-order valence-corrected chi connectivity index (χ4v) is 2.92. The first-order chi connectivity index (χ1) is 13.1. The molecule has 4 rings (SSSR count). The summed E-state index contributed by atoms with van der Waals surface area (Å²) < 4.78 is 13.3. The van der Waals surface area contributed by atoms with Gasteiger partial charge in [-0.2, -0.15) is 5.26 Å². The van der Waals surface area contributed by atoms with Gasteiger partial charge in [-0.05, 0) is 47.9 Å². The molecule has 7 heteroatoms. The van der Waals surface area contributed by atoms with Crippen LogP contribution in [0.5, 0.6) is 0 Å². The second-order valence-electron chi connectivity index (χ2n) is 5.90. The molecule has 0 amide bonds. The van der Waals surface area contributed by atoms with Gasteiger partial charge in [0.05, 0.1) is 5.02 Å². The van der Waals surface area contributed by atoms with Crippen LogP contribution < -0.4 is 10.6 Å². The first kappa shape index (κ1) is 16.9. The van der Waals surface area contributed by atoms with E-state index < -0.39 is 5.82 Å². The Kier molecular flexibility index (Phi) is 4.37. The van der Waals surface area contributed by atoms with Gasteiger partial charge in [-0.3, -0.25) is 0 Å². The van der Waals surface area contributed by atoms with Gasteiger partial charge in [-0.25, -0.2) is 9.37 Å². The van der Waals surface area contributed by atoms with Crippen LogP contribution in [0.15, 0.2) is 60.8 Å². The lowest BCUT2D eigenvalue weighted by atomic mass is 10.2. The van der Waals surface area contributed by atoms with Crippen LogP contribution in [0.4, 0.5) is 27.3 Å². The van der Waals surface area contributed by atoms with Crippen molar-refractivity contribution < 1.29 is 4.39 Å². The Labute approximate surface area is 159 Å². The van der Waals surface area contributed by atoms with Crippen LogP contribution in [0.25, 0.3) is 10.9 Å². The van der Waals surface area contributed by atoms with Crippen molar-refractivity contribution in [2.45, 2.75) is 0 Å². The molecule has 132 valence electrons. The van der Waals surface area contributed by atoms with Gasteiger partial charge in [-0.15, -0.1) is 0 Å². The Morgan fingerprint density at radius 2 is 1.78 bits per heavy atom. The molecule has 0 aliphatic heterocycles. The highest BCUT2D eigenvalue weighted by molar-refractivity contribution is 6.31. The summed E-state index contributed by atoms with van der Waals surface area (Å²) in [5.41, 5.74) is 3.32. The smallest absolute Gasteiger partial charge is 0.144 e. The van der Waals surface area contributed by atoms with E-state index in [1.807, 2.05) is 36.5 Å². The highest BCUT2D eigenvalue weighted by Crippen LogP contribution is 2.26. The van der Waals surface area contributed by atoms with Crippen molar-refractivity contribution in [1.82, 2.24) is 9.97 Å². The van der Waals surface area contributed by atoms with E-state index >= 15 is 0 Å². The molecule has 3 N–H and O–H groups in total. The van der Waals surface area contributed by atoms with E-state index in [9.17, 15) is 9.65 Å². The zero-order valence-corrected chi connectivity index (χ0v) is 14.7. The van der Waals surface area contributed by atoms with Crippen LogP contribution in [0, 0.1) is 17.1 Å². The summed E-state index contributed by atoms with van der Waals surface area (Å²) in [5.74, 6) is 0.0207. The molecule has 0 radical (unpaired) electrons. The molecule has 0 bridgehead atoms. The molecule has 0 aliphatic carbocycles. The Balaban J connectivity index is 1.63. The van der Waals surface area contributed by atoms with Gasteiger partial charge in [0.25, 0.3) is 0 Å². The number of hydrogen-bond acceptors (Lipinski definition) is 4. The summed E-state index contributed by atoms with van der Waals surface area (Å²) in [7, 11) is 0. The van der Waals surface area contributed by atoms with Crippen molar-refractivity contribution >= 4 is 45.4 Å². The number of H-pyrrole nitrogens is 1. The van der Waals surface area contributed by atoms with Gasteiger partial charge in [0.15, 0.2) is 0 Å². The average molecular weight is 378 g/mol. The maximum absolute atomic E-state index is 13.3. The Morgan fingerprint density at radius 1 is 0.963 bits per heavy atom. The van der Waals surface area contributed by atoms with Crippen LogP contribution in [-0.2, 0) is 0 Å². The minimum absolute atomic E-state index is 0.0205. The third-order valence-corrected chi connectivity index (χ3v) is 4.27. The number of aromatic amines is 1. The molecule has 4 aromatic rings. The molecule has 0 saturated carbocycles. The van der Waals surface area contributed by atoms with Crippen molar-refractivity contribution in [2.24, 2.45) is 0 Å². The van der Waals surface area contributed by atoms with E-state index in [1.54, 1.807) is 18.2 Å². The average Bonchev–Trinajstić information content (AvgIpc) is 3.12. The van der Waals surface area contributed by atoms with Crippen molar-refractivity contribution in [2.75, 3.05) is 10.6 Å². The van der Waals surface area contributed by atoms with Gasteiger partial charge in [0, 0.05) is 34.8 Å². The number of rotatable bonds is 4. The quantitative estimate of drug-likeness (QED) is 0.425. The molecule has 0 spiro atoms. The fraction of sp³-hybridized carbons (Fsp3) is 0. The Morgan fingerprint density at radius 3 is 2.59 bits per heavy atom. The van der Waals surface area contributed by atoms with Gasteiger partial charge in [0.2, 0.25) is 0 Å². The van der Waals surface area contributed by atoms with E-state index in [4.69, 9.17) is 11.6 Å². The Hall–Kier alpha value is -3.56. The Bertz CT molecular complexity index is 1180. The molecule has 0 aliphatic rings. The summed E-state index contributed by atoms with van der Waals surface area (Å²) in [6.07, 6.45) is 1.87. The number of aromatic nitrogens is 2. The summed E-state index contributed by atoms with van der Waals surface area (Å²) in [6.45, 7) is 0. The standard InChI is InChI=1S/C20H13ClFN5/c21-17-8-13(3-4-18(17)22)25-15-7-16(11-23)27-20(10-15)26-14-2-1-12-5-6-24-19(12)9-14/h1-10,24H,(H2,25,26,27). The van der Waals surface area contributed by atoms with Crippen LogP contribution in [0.2, 0.25) is 5.02 Å². The number of nitriles is 1. The molecule has 27 heavy (non-hydrogen) atoms. The third-order valence-electron chi connectivity index (χ3n) is 3.98. The first-order valence-corrected chi connectivity index (χ1v) is 8.47. The summed E-state index contributed by atoms with van der Waals surface area (Å²) in [5, 5.41) is 16.7. The molecule has 0 fully saturated rings. The van der Waals surface area contributed by atoms with E-state index in [-0.39, 0.29) is 10.7 Å². The predicted molar refractivity (Wildman–Crippen MR) is 105 cm³/mol. The number of fused-ring (bicyclic) bond motifs is 1. The second kappa shape index (κ2) is 6.98. The molecule has 0 atom stereocenters. The number of benzene rings is 2. The van der Waals surface area contributed by atoms with Gasteiger partial charge in [0.1, 0.15) is 23.4 Å².